The van der Waals surface area contributed by atoms with Crippen molar-refractivity contribution in [2.24, 2.45) is 5.92 Å². The lowest BCUT2D eigenvalue weighted by molar-refractivity contribution is -0.137. The summed E-state index contributed by atoms with van der Waals surface area (Å²) in [5.41, 5.74) is 1.76. The van der Waals surface area contributed by atoms with Crippen LogP contribution in [-0.2, 0) is 22.6 Å². The van der Waals surface area contributed by atoms with E-state index in [1.54, 1.807) is 47.5 Å². The average molecular weight is 500 g/mol. The highest BCUT2D eigenvalue weighted by Crippen LogP contribution is 2.29. The summed E-state index contributed by atoms with van der Waals surface area (Å²) in [6.45, 7) is 0.516. The standard InChI is InChI=1S/C28H26FN5O3/c29-22-6-10-24(11-7-22)37-25-12-8-23(9-13-25)31-28(36)26-17-21(16-20-4-2-1-3-5-20)18-34(26)27(35)19-33-15-14-30-32-33/h1-15,21,26H,16-19H2,(H,31,36). The molecule has 1 aliphatic heterocycles. The van der Waals surface area contributed by atoms with Crippen molar-refractivity contribution in [3.63, 3.8) is 0 Å². The van der Waals surface area contributed by atoms with E-state index in [1.807, 2.05) is 18.2 Å². The van der Waals surface area contributed by atoms with Gasteiger partial charge in [0.15, 0.2) is 0 Å². The molecule has 3 aromatic carbocycles. The molecule has 2 amide bonds. The number of hydrogen-bond donors (Lipinski definition) is 1. The van der Waals surface area contributed by atoms with Gasteiger partial charge in [-0.15, -0.1) is 5.10 Å². The predicted octanol–water partition coefficient (Wildman–Crippen LogP) is 4.31. The molecule has 8 nitrogen and oxygen atoms in total. The molecule has 5 rings (SSSR count). The number of rotatable bonds is 8. The molecule has 0 bridgehead atoms. The van der Waals surface area contributed by atoms with E-state index in [9.17, 15) is 14.0 Å². The first-order chi connectivity index (χ1) is 18.0. The maximum atomic E-state index is 13.3. The van der Waals surface area contributed by atoms with Gasteiger partial charge in [0.2, 0.25) is 11.8 Å². The van der Waals surface area contributed by atoms with Gasteiger partial charge in [0.25, 0.3) is 0 Å². The Morgan fingerprint density at radius 1 is 0.973 bits per heavy atom. The lowest BCUT2D eigenvalue weighted by Crippen LogP contribution is -2.44. The van der Waals surface area contributed by atoms with Crippen LogP contribution in [0.25, 0.3) is 0 Å². The third-order valence-corrected chi connectivity index (χ3v) is 6.32. The van der Waals surface area contributed by atoms with E-state index in [0.717, 1.165) is 6.42 Å². The van der Waals surface area contributed by atoms with Gasteiger partial charge in [0, 0.05) is 18.4 Å². The van der Waals surface area contributed by atoms with Crippen molar-refractivity contribution in [1.29, 1.82) is 0 Å². The first-order valence-electron chi connectivity index (χ1n) is 12.1. The van der Waals surface area contributed by atoms with Gasteiger partial charge >= 0.3 is 0 Å². The van der Waals surface area contributed by atoms with Crippen LogP contribution in [-0.4, -0.2) is 44.3 Å². The fourth-order valence-electron chi connectivity index (χ4n) is 4.56. The lowest BCUT2D eigenvalue weighted by atomic mass is 9.96. The number of halogens is 1. The summed E-state index contributed by atoms with van der Waals surface area (Å²) in [5.74, 6) is 0.466. The zero-order valence-electron chi connectivity index (χ0n) is 20.0. The van der Waals surface area contributed by atoms with Crippen LogP contribution in [0.3, 0.4) is 0 Å². The van der Waals surface area contributed by atoms with Crippen LogP contribution in [0.4, 0.5) is 10.1 Å². The SMILES string of the molecule is O=C(Nc1ccc(Oc2ccc(F)cc2)cc1)C1CC(Cc2ccccc2)CN1C(=O)Cn1ccnn1. The first-order valence-corrected chi connectivity index (χ1v) is 12.1. The van der Waals surface area contributed by atoms with Crippen molar-refractivity contribution in [1.82, 2.24) is 19.9 Å². The molecule has 2 atom stereocenters. The highest BCUT2D eigenvalue weighted by atomic mass is 19.1. The van der Waals surface area contributed by atoms with Gasteiger partial charge in [-0.25, -0.2) is 9.07 Å². The molecule has 1 N–H and O–H groups in total. The molecule has 1 fully saturated rings. The van der Waals surface area contributed by atoms with E-state index in [0.29, 0.717) is 30.2 Å². The quantitative estimate of drug-likeness (QED) is 0.390. The van der Waals surface area contributed by atoms with E-state index < -0.39 is 6.04 Å². The van der Waals surface area contributed by atoms with Crippen molar-refractivity contribution < 1.29 is 18.7 Å². The number of amides is 2. The molecule has 0 radical (unpaired) electrons. The third kappa shape index (κ3) is 6.19. The molecule has 188 valence electrons. The molecule has 2 unspecified atom stereocenters. The Labute approximate surface area is 213 Å². The average Bonchev–Trinajstić information content (AvgIpc) is 3.57. The van der Waals surface area contributed by atoms with Crippen LogP contribution in [0.5, 0.6) is 11.5 Å². The fraction of sp³-hybridized carbons (Fsp3) is 0.214. The number of anilines is 1. The predicted molar refractivity (Wildman–Crippen MR) is 135 cm³/mol. The monoisotopic (exact) mass is 499 g/mol. The van der Waals surface area contributed by atoms with Gasteiger partial charge < -0.3 is 15.0 Å². The van der Waals surface area contributed by atoms with E-state index in [-0.39, 0.29) is 30.1 Å². The lowest BCUT2D eigenvalue weighted by Gasteiger charge is -2.24. The molecule has 0 saturated carbocycles. The normalized spacial score (nSPS) is 16.9. The summed E-state index contributed by atoms with van der Waals surface area (Å²) in [6.07, 6.45) is 4.49. The van der Waals surface area contributed by atoms with Gasteiger partial charge in [0.05, 0.1) is 6.20 Å². The highest BCUT2D eigenvalue weighted by molar-refractivity contribution is 5.97. The summed E-state index contributed by atoms with van der Waals surface area (Å²) in [5, 5.41) is 10.6. The molecule has 1 saturated heterocycles. The number of aromatic nitrogens is 3. The highest BCUT2D eigenvalue weighted by Gasteiger charge is 2.39. The molecule has 1 aliphatic rings. The Hall–Kier alpha value is -4.53. The Morgan fingerprint density at radius 2 is 1.68 bits per heavy atom. The van der Waals surface area contributed by atoms with Crippen molar-refractivity contribution in [3.8, 4) is 11.5 Å². The number of nitrogens with zero attached hydrogens (tertiary/aromatic N) is 4. The maximum Gasteiger partial charge on any atom is 0.247 e. The second kappa shape index (κ2) is 11.0. The van der Waals surface area contributed by atoms with Crippen molar-refractivity contribution in [2.45, 2.75) is 25.4 Å². The van der Waals surface area contributed by atoms with Crippen LogP contribution >= 0.6 is 0 Å². The second-order valence-corrected chi connectivity index (χ2v) is 9.02. The van der Waals surface area contributed by atoms with E-state index in [1.165, 1.54) is 28.6 Å². The maximum absolute atomic E-state index is 13.3. The molecule has 1 aromatic heterocycles. The largest absolute Gasteiger partial charge is 0.457 e. The van der Waals surface area contributed by atoms with Crippen molar-refractivity contribution in [2.75, 3.05) is 11.9 Å². The van der Waals surface area contributed by atoms with Crippen LogP contribution in [0, 0.1) is 11.7 Å². The number of benzene rings is 3. The van der Waals surface area contributed by atoms with Crippen LogP contribution in [0.1, 0.15) is 12.0 Å². The summed E-state index contributed by atoms with van der Waals surface area (Å²) < 4.78 is 20.3. The summed E-state index contributed by atoms with van der Waals surface area (Å²) in [6, 6.07) is 22.1. The van der Waals surface area contributed by atoms with E-state index >= 15 is 0 Å². The minimum atomic E-state index is -0.597. The first kappa shape index (κ1) is 24.2. The van der Waals surface area contributed by atoms with E-state index in [2.05, 4.69) is 27.8 Å². The minimum Gasteiger partial charge on any atom is -0.457 e. The number of hydrogen-bond acceptors (Lipinski definition) is 5. The smallest absolute Gasteiger partial charge is 0.247 e. The molecule has 2 heterocycles. The zero-order valence-corrected chi connectivity index (χ0v) is 20.0. The molecular formula is C28H26FN5O3. The molecule has 9 heteroatoms. The number of likely N-dealkylation sites (tertiary alicyclic amines) is 1. The van der Waals surface area contributed by atoms with Crippen molar-refractivity contribution >= 4 is 17.5 Å². The Morgan fingerprint density at radius 3 is 2.35 bits per heavy atom. The van der Waals surface area contributed by atoms with Crippen molar-refractivity contribution in [3.05, 3.63) is 103 Å². The van der Waals surface area contributed by atoms with Gasteiger partial charge in [-0.2, -0.15) is 0 Å². The zero-order chi connectivity index (χ0) is 25.6. The molecule has 37 heavy (non-hydrogen) atoms. The van der Waals surface area contributed by atoms with Crippen LogP contribution in [0.2, 0.25) is 0 Å². The molecule has 4 aromatic rings. The van der Waals surface area contributed by atoms with Crippen LogP contribution in [0.15, 0.2) is 91.3 Å². The van der Waals surface area contributed by atoms with Gasteiger partial charge in [-0.05, 0) is 72.9 Å². The fourth-order valence-corrected chi connectivity index (χ4v) is 4.56. The van der Waals surface area contributed by atoms with Gasteiger partial charge in [-0.1, -0.05) is 35.5 Å². The topological polar surface area (TPSA) is 89.4 Å². The van der Waals surface area contributed by atoms with Gasteiger partial charge in [0.1, 0.15) is 29.9 Å². The number of carbonyl (C=O) groups is 2. The Kier molecular flexibility index (Phi) is 7.21. The molecule has 0 aliphatic carbocycles. The number of carbonyl (C=O) groups excluding carboxylic acids is 2. The number of nitrogens with one attached hydrogen (secondary N) is 1. The molecule has 0 spiro atoms. The summed E-state index contributed by atoms with van der Waals surface area (Å²) in [4.78, 5) is 28.1. The number of ether oxygens (including phenoxy) is 1. The summed E-state index contributed by atoms with van der Waals surface area (Å²) in [7, 11) is 0. The van der Waals surface area contributed by atoms with E-state index in [4.69, 9.17) is 4.74 Å². The van der Waals surface area contributed by atoms with Gasteiger partial charge in [-0.3, -0.25) is 9.59 Å². The third-order valence-electron chi connectivity index (χ3n) is 6.32. The Bertz CT molecular complexity index is 1330. The minimum absolute atomic E-state index is 0.0251. The molecular weight excluding hydrogens is 473 g/mol. The van der Waals surface area contributed by atoms with Crippen LogP contribution < -0.4 is 10.1 Å². The second-order valence-electron chi connectivity index (χ2n) is 9.02. The Balaban J connectivity index is 1.26. The summed E-state index contributed by atoms with van der Waals surface area (Å²) >= 11 is 0.